The predicted octanol–water partition coefficient (Wildman–Crippen LogP) is 3.19. The fourth-order valence-corrected chi connectivity index (χ4v) is 2.26. The Hall–Kier alpha value is -2.57. The third-order valence-electron chi connectivity index (χ3n) is 3.41. The van der Waals surface area contributed by atoms with Crippen molar-refractivity contribution < 1.29 is 19.7 Å². The van der Waals surface area contributed by atoms with E-state index >= 15 is 0 Å². The van der Waals surface area contributed by atoms with Crippen LogP contribution in [0.2, 0.25) is 0 Å². The molecule has 1 unspecified atom stereocenters. The number of fused-ring (bicyclic) bond motifs is 1. The summed E-state index contributed by atoms with van der Waals surface area (Å²) in [5.74, 6) is -0.996. The molecular weight excluding hydrogens is 284 g/mol. The zero-order valence-corrected chi connectivity index (χ0v) is 11.6. The topological polar surface area (TPSA) is 91.5 Å². The molecule has 0 fully saturated rings. The van der Waals surface area contributed by atoms with Gasteiger partial charge in [-0.2, -0.15) is 10.2 Å². The van der Waals surface area contributed by atoms with Crippen LogP contribution >= 0.6 is 0 Å². The maximum atomic E-state index is 10.9. The number of benzene rings is 2. The monoisotopic (exact) mass is 298 g/mol. The number of carboxylic acids is 1. The van der Waals surface area contributed by atoms with E-state index in [4.69, 9.17) is 9.84 Å². The number of aromatic carboxylic acids is 1. The summed E-state index contributed by atoms with van der Waals surface area (Å²) in [7, 11) is 0. The first-order valence-corrected chi connectivity index (χ1v) is 6.76. The van der Waals surface area contributed by atoms with Gasteiger partial charge in [-0.15, -0.1) is 0 Å². The van der Waals surface area contributed by atoms with E-state index in [-0.39, 0.29) is 5.56 Å². The molecule has 0 spiro atoms. The normalized spacial score (nSPS) is 16.9. The van der Waals surface area contributed by atoms with E-state index in [2.05, 4.69) is 10.2 Å². The van der Waals surface area contributed by atoms with Crippen LogP contribution in [0.1, 0.15) is 33.3 Å². The van der Waals surface area contributed by atoms with Gasteiger partial charge in [0.05, 0.1) is 24.4 Å². The molecule has 0 radical (unpaired) electrons. The summed E-state index contributed by atoms with van der Waals surface area (Å²) in [5.41, 5.74) is 3.31. The molecule has 1 heterocycles. The Bertz CT molecular complexity index is 743. The number of hydrogen-bond donors (Lipinski definition) is 2. The van der Waals surface area contributed by atoms with Crippen molar-refractivity contribution in [2.24, 2.45) is 10.2 Å². The molecule has 2 aromatic rings. The highest BCUT2D eigenvalue weighted by molar-refractivity contribution is 5.88. The van der Waals surface area contributed by atoms with Crippen molar-refractivity contribution in [1.29, 1.82) is 0 Å². The second-order valence-electron chi connectivity index (χ2n) is 4.95. The highest BCUT2D eigenvalue weighted by atomic mass is 16.6. The molecule has 2 N–H and O–H groups in total. The minimum absolute atomic E-state index is 0.175. The molecule has 0 bridgehead atoms. The molecule has 0 amide bonds. The van der Waals surface area contributed by atoms with Crippen LogP contribution in [0.25, 0.3) is 0 Å². The zero-order valence-electron chi connectivity index (χ0n) is 11.6. The van der Waals surface area contributed by atoms with Crippen molar-refractivity contribution in [2.45, 2.75) is 19.4 Å². The molecule has 3 rings (SSSR count). The van der Waals surface area contributed by atoms with Crippen LogP contribution in [-0.2, 0) is 17.9 Å². The van der Waals surface area contributed by atoms with Gasteiger partial charge >= 0.3 is 5.97 Å². The van der Waals surface area contributed by atoms with E-state index in [1.807, 2.05) is 18.2 Å². The number of hydrogen-bond acceptors (Lipinski definition) is 5. The van der Waals surface area contributed by atoms with Crippen LogP contribution in [0.15, 0.2) is 52.7 Å². The van der Waals surface area contributed by atoms with Crippen molar-refractivity contribution in [3.8, 4) is 0 Å². The first-order chi connectivity index (χ1) is 10.6. The quantitative estimate of drug-likeness (QED) is 0.848. The molecule has 0 aliphatic carbocycles. The molecule has 6 heteroatoms. The summed E-state index contributed by atoms with van der Waals surface area (Å²) < 4.78 is 5.13. The van der Waals surface area contributed by atoms with Crippen molar-refractivity contribution in [3.63, 3.8) is 0 Å². The van der Waals surface area contributed by atoms with Crippen LogP contribution in [0.3, 0.4) is 0 Å². The number of nitrogens with zero attached hydrogens (tertiary/aromatic N) is 2. The average Bonchev–Trinajstić information content (AvgIpc) is 2.89. The molecule has 0 saturated carbocycles. The zero-order chi connectivity index (χ0) is 15.5. The fraction of sp³-hybridized carbons (Fsp3) is 0.188. The van der Waals surface area contributed by atoms with Gasteiger partial charge in [0.1, 0.15) is 0 Å². The highest BCUT2D eigenvalue weighted by Gasteiger charge is 2.20. The van der Waals surface area contributed by atoms with Gasteiger partial charge in [-0.05, 0) is 35.4 Å². The second kappa shape index (κ2) is 6.05. The molecule has 0 aromatic heterocycles. The lowest BCUT2D eigenvalue weighted by Crippen LogP contribution is -1.94. The Morgan fingerprint density at radius 2 is 2.14 bits per heavy atom. The number of ether oxygens (including phenoxy) is 1. The van der Waals surface area contributed by atoms with Gasteiger partial charge in [0.25, 0.3) is 0 Å². The number of aliphatic hydroxyl groups is 1. The maximum absolute atomic E-state index is 10.9. The molecule has 22 heavy (non-hydrogen) atoms. The van der Waals surface area contributed by atoms with Crippen molar-refractivity contribution in [3.05, 3.63) is 64.7 Å². The summed E-state index contributed by atoms with van der Waals surface area (Å²) in [6.45, 7) is 0.761. The molecular formula is C16H14N2O4. The number of azo groups is 1. The van der Waals surface area contributed by atoms with E-state index in [1.54, 1.807) is 12.1 Å². The van der Waals surface area contributed by atoms with Crippen molar-refractivity contribution in [1.82, 2.24) is 0 Å². The number of aliphatic hydroxyl groups excluding tert-OH is 1. The molecule has 1 atom stereocenters. The first-order valence-electron chi connectivity index (χ1n) is 6.76. The lowest BCUT2D eigenvalue weighted by molar-refractivity contribution is -0.0918. The Morgan fingerprint density at radius 3 is 2.95 bits per heavy atom. The van der Waals surface area contributed by atoms with Crippen LogP contribution in [0.4, 0.5) is 5.69 Å². The second-order valence-corrected chi connectivity index (χ2v) is 4.95. The minimum Gasteiger partial charge on any atom is -0.478 e. The molecule has 1 aliphatic heterocycles. The summed E-state index contributed by atoms with van der Waals surface area (Å²) in [5, 5.41) is 26.7. The Kier molecular flexibility index (Phi) is 3.95. The van der Waals surface area contributed by atoms with E-state index in [9.17, 15) is 9.90 Å². The Morgan fingerprint density at radius 1 is 1.27 bits per heavy atom. The summed E-state index contributed by atoms with van der Waals surface area (Å²) >= 11 is 0. The van der Waals surface area contributed by atoms with Crippen molar-refractivity contribution >= 4 is 11.7 Å². The van der Waals surface area contributed by atoms with Gasteiger partial charge in [0.15, 0.2) is 6.29 Å². The van der Waals surface area contributed by atoms with Crippen LogP contribution in [0.5, 0.6) is 0 Å². The van der Waals surface area contributed by atoms with Gasteiger partial charge in [-0.25, -0.2) is 4.79 Å². The van der Waals surface area contributed by atoms with E-state index in [1.165, 1.54) is 12.1 Å². The Labute approximate surface area is 126 Å². The van der Waals surface area contributed by atoms with Gasteiger partial charge in [0.2, 0.25) is 0 Å². The molecule has 0 saturated heterocycles. The summed E-state index contributed by atoms with van der Waals surface area (Å²) in [6, 6.07) is 11.9. The predicted molar refractivity (Wildman–Crippen MR) is 77.8 cm³/mol. The lowest BCUT2D eigenvalue weighted by atomic mass is 10.1. The van der Waals surface area contributed by atoms with E-state index in [0.29, 0.717) is 18.8 Å². The molecule has 112 valence electrons. The highest BCUT2D eigenvalue weighted by Crippen LogP contribution is 2.29. The molecule has 2 aromatic carbocycles. The maximum Gasteiger partial charge on any atom is 0.335 e. The third-order valence-corrected chi connectivity index (χ3v) is 3.41. The summed E-state index contributed by atoms with van der Waals surface area (Å²) in [6.07, 6.45) is -0.876. The summed E-state index contributed by atoms with van der Waals surface area (Å²) in [4.78, 5) is 10.9. The smallest absolute Gasteiger partial charge is 0.335 e. The average molecular weight is 298 g/mol. The Balaban J connectivity index is 1.71. The lowest BCUT2D eigenvalue weighted by Gasteiger charge is -2.04. The van der Waals surface area contributed by atoms with Gasteiger partial charge in [-0.3, -0.25) is 0 Å². The van der Waals surface area contributed by atoms with Crippen LogP contribution < -0.4 is 0 Å². The number of carboxylic acid groups (broad SMARTS) is 1. The largest absolute Gasteiger partial charge is 0.478 e. The first kappa shape index (κ1) is 14.4. The van der Waals surface area contributed by atoms with Crippen LogP contribution in [-0.4, -0.2) is 16.2 Å². The molecule has 6 nitrogen and oxygen atoms in total. The van der Waals surface area contributed by atoms with Gasteiger partial charge in [-0.1, -0.05) is 18.2 Å². The fourth-order valence-electron chi connectivity index (χ4n) is 2.26. The van der Waals surface area contributed by atoms with E-state index in [0.717, 1.165) is 16.7 Å². The minimum atomic E-state index is -0.996. The number of rotatable bonds is 4. The standard InChI is InChI=1S/C16H14N2O4/c19-15(20)11-2-1-3-13(7-11)18-17-8-10-4-5-12-9-22-16(21)14(12)6-10/h1-7,16,21H,8-9H2,(H,19,20). The van der Waals surface area contributed by atoms with Crippen LogP contribution in [0, 0.1) is 0 Å². The van der Waals surface area contributed by atoms with Gasteiger partial charge in [0, 0.05) is 5.56 Å². The van der Waals surface area contributed by atoms with E-state index < -0.39 is 12.3 Å². The van der Waals surface area contributed by atoms with Gasteiger partial charge < -0.3 is 14.9 Å². The SMILES string of the molecule is O=C(O)c1cccc(N=NCc2ccc3c(c2)C(O)OC3)c1. The van der Waals surface area contributed by atoms with Crippen molar-refractivity contribution in [2.75, 3.05) is 0 Å². The third kappa shape index (κ3) is 3.03. The number of carbonyl (C=O) groups is 1. The molecule has 1 aliphatic rings.